The SMILES string of the molecule is NNc1ncnc(N2CCC(O)CC2)c1Br. The number of rotatable bonds is 2. The Morgan fingerprint density at radius 1 is 1.44 bits per heavy atom. The van der Waals surface area contributed by atoms with E-state index in [-0.39, 0.29) is 6.10 Å². The normalized spacial score (nSPS) is 17.6. The van der Waals surface area contributed by atoms with Crippen LogP contribution in [0.2, 0.25) is 0 Å². The number of nitrogens with one attached hydrogen (secondary N) is 1. The van der Waals surface area contributed by atoms with Crippen molar-refractivity contribution >= 4 is 27.6 Å². The summed E-state index contributed by atoms with van der Waals surface area (Å²) in [5, 5.41) is 9.44. The molecule has 0 saturated carbocycles. The lowest BCUT2D eigenvalue weighted by atomic mass is 10.1. The van der Waals surface area contributed by atoms with Crippen LogP contribution in [0.4, 0.5) is 11.6 Å². The monoisotopic (exact) mass is 287 g/mol. The van der Waals surface area contributed by atoms with E-state index < -0.39 is 0 Å². The van der Waals surface area contributed by atoms with Crippen molar-refractivity contribution in [3.63, 3.8) is 0 Å². The largest absolute Gasteiger partial charge is 0.393 e. The van der Waals surface area contributed by atoms with Crippen LogP contribution in [0.15, 0.2) is 10.8 Å². The summed E-state index contributed by atoms with van der Waals surface area (Å²) in [6.45, 7) is 1.58. The van der Waals surface area contributed by atoms with E-state index in [2.05, 4.69) is 36.2 Å². The van der Waals surface area contributed by atoms with Crippen molar-refractivity contribution in [2.45, 2.75) is 18.9 Å². The molecule has 88 valence electrons. The molecule has 6 nitrogen and oxygen atoms in total. The molecule has 0 atom stereocenters. The van der Waals surface area contributed by atoms with E-state index in [1.807, 2.05) is 0 Å². The number of piperidine rings is 1. The van der Waals surface area contributed by atoms with Gasteiger partial charge in [-0.15, -0.1) is 0 Å². The van der Waals surface area contributed by atoms with Crippen LogP contribution in [0.3, 0.4) is 0 Å². The second-order valence-electron chi connectivity index (χ2n) is 3.72. The first-order valence-electron chi connectivity index (χ1n) is 5.12. The minimum atomic E-state index is -0.191. The minimum Gasteiger partial charge on any atom is -0.393 e. The topological polar surface area (TPSA) is 87.3 Å². The maximum absolute atomic E-state index is 9.44. The Labute approximate surface area is 102 Å². The molecule has 0 spiro atoms. The number of hydrazine groups is 1. The summed E-state index contributed by atoms with van der Waals surface area (Å²) in [4.78, 5) is 10.3. The van der Waals surface area contributed by atoms with Crippen molar-refractivity contribution in [2.75, 3.05) is 23.4 Å². The summed E-state index contributed by atoms with van der Waals surface area (Å²) >= 11 is 3.42. The first-order chi connectivity index (χ1) is 7.72. The van der Waals surface area contributed by atoms with Gasteiger partial charge in [0.05, 0.1) is 6.10 Å². The van der Waals surface area contributed by atoms with Crippen LogP contribution in [0.25, 0.3) is 0 Å². The summed E-state index contributed by atoms with van der Waals surface area (Å²) in [6.07, 6.45) is 2.81. The fourth-order valence-electron chi connectivity index (χ4n) is 1.76. The number of hydrogen-bond donors (Lipinski definition) is 3. The van der Waals surface area contributed by atoms with E-state index in [4.69, 9.17) is 5.84 Å². The summed E-state index contributed by atoms with van der Waals surface area (Å²) in [5.41, 5.74) is 2.51. The third-order valence-corrected chi connectivity index (χ3v) is 3.40. The van der Waals surface area contributed by atoms with E-state index in [1.165, 1.54) is 6.33 Å². The molecule has 0 amide bonds. The van der Waals surface area contributed by atoms with Gasteiger partial charge in [-0.3, -0.25) is 0 Å². The molecule has 2 rings (SSSR count). The molecule has 0 aliphatic carbocycles. The smallest absolute Gasteiger partial charge is 0.159 e. The standard InChI is InChI=1S/C9H14BrN5O/c10-7-8(14-11)12-5-13-9(7)15-3-1-6(16)2-4-15/h5-6,16H,1-4,11H2,(H,12,13,14). The number of halogens is 1. The van der Waals surface area contributed by atoms with Crippen molar-refractivity contribution < 1.29 is 5.11 Å². The second-order valence-corrected chi connectivity index (χ2v) is 4.52. The van der Waals surface area contributed by atoms with Crippen LogP contribution in [-0.2, 0) is 0 Å². The minimum absolute atomic E-state index is 0.191. The maximum atomic E-state index is 9.44. The number of nitrogen functional groups attached to an aromatic ring is 1. The molecule has 0 aromatic carbocycles. The van der Waals surface area contributed by atoms with Crippen molar-refractivity contribution in [3.8, 4) is 0 Å². The zero-order valence-corrected chi connectivity index (χ0v) is 10.3. The van der Waals surface area contributed by atoms with E-state index in [0.717, 1.165) is 36.2 Å². The highest BCUT2D eigenvalue weighted by Crippen LogP contribution is 2.30. The van der Waals surface area contributed by atoms with E-state index in [1.54, 1.807) is 0 Å². The summed E-state index contributed by atoms with van der Waals surface area (Å²) in [5.74, 6) is 6.72. The zero-order chi connectivity index (χ0) is 11.5. The van der Waals surface area contributed by atoms with Gasteiger partial charge in [0.15, 0.2) is 5.82 Å². The molecule has 2 heterocycles. The van der Waals surface area contributed by atoms with Gasteiger partial charge in [-0.2, -0.15) is 0 Å². The van der Waals surface area contributed by atoms with Crippen LogP contribution >= 0.6 is 15.9 Å². The van der Waals surface area contributed by atoms with E-state index >= 15 is 0 Å². The van der Waals surface area contributed by atoms with Gasteiger partial charge in [-0.25, -0.2) is 15.8 Å². The molecule has 0 bridgehead atoms. The number of nitrogens with two attached hydrogens (primary N) is 1. The highest BCUT2D eigenvalue weighted by molar-refractivity contribution is 9.10. The fourth-order valence-corrected chi connectivity index (χ4v) is 2.33. The van der Waals surface area contributed by atoms with Gasteiger partial charge in [0, 0.05) is 13.1 Å². The van der Waals surface area contributed by atoms with Crippen molar-refractivity contribution in [1.29, 1.82) is 0 Å². The molecule has 16 heavy (non-hydrogen) atoms. The first kappa shape index (κ1) is 11.6. The van der Waals surface area contributed by atoms with Crippen LogP contribution < -0.4 is 16.2 Å². The summed E-state index contributed by atoms with van der Waals surface area (Å²) in [6, 6.07) is 0. The number of aliphatic hydroxyl groups is 1. The third-order valence-electron chi connectivity index (χ3n) is 2.67. The molecule has 1 aliphatic heterocycles. The number of aliphatic hydroxyl groups excluding tert-OH is 1. The number of nitrogens with zero attached hydrogens (tertiary/aromatic N) is 3. The van der Waals surface area contributed by atoms with Gasteiger partial charge < -0.3 is 15.4 Å². The average Bonchev–Trinajstić information content (AvgIpc) is 2.31. The molecule has 4 N–H and O–H groups in total. The van der Waals surface area contributed by atoms with Gasteiger partial charge in [-0.1, -0.05) is 0 Å². The molecule has 1 aromatic rings. The van der Waals surface area contributed by atoms with Crippen LogP contribution in [0, 0.1) is 0 Å². The van der Waals surface area contributed by atoms with Crippen molar-refractivity contribution in [2.24, 2.45) is 5.84 Å². The highest BCUT2D eigenvalue weighted by atomic mass is 79.9. The van der Waals surface area contributed by atoms with E-state index in [0.29, 0.717) is 5.82 Å². The predicted octanol–water partition coefficient (Wildman–Crippen LogP) is 0.486. The number of anilines is 2. The van der Waals surface area contributed by atoms with Gasteiger partial charge in [0.1, 0.15) is 16.6 Å². The molecular formula is C9H14BrN5O. The molecular weight excluding hydrogens is 274 g/mol. The van der Waals surface area contributed by atoms with Gasteiger partial charge >= 0.3 is 0 Å². The first-order valence-corrected chi connectivity index (χ1v) is 5.92. The summed E-state index contributed by atoms with van der Waals surface area (Å²) in [7, 11) is 0. The van der Waals surface area contributed by atoms with Crippen molar-refractivity contribution in [3.05, 3.63) is 10.8 Å². The van der Waals surface area contributed by atoms with Crippen LogP contribution in [-0.4, -0.2) is 34.3 Å². The summed E-state index contributed by atoms with van der Waals surface area (Å²) < 4.78 is 0.758. The van der Waals surface area contributed by atoms with Crippen LogP contribution in [0.5, 0.6) is 0 Å². The molecule has 0 radical (unpaired) electrons. The Kier molecular flexibility index (Phi) is 3.57. The Morgan fingerprint density at radius 2 is 2.12 bits per heavy atom. The second kappa shape index (κ2) is 4.94. The molecule has 7 heteroatoms. The number of hydrogen-bond acceptors (Lipinski definition) is 6. The Bertz CT molecular complexity index is 367. The van der Waals surface area contributed by atoms with Crippen LogP contribution in [0.1, 0.15) is 12.8 Å². The molecule has 1 aromatic heterocycles. The lowest BCUT2D eigenvalue weighted by molar-refractivity contribution is 0.145. The fraction of sp³-hybridized carbons (Fsp3) is 0.556. The Balaban J connectivity index is 2.20. The van der Waals surface area contributed by atoms with Gasteiger partial charge in [0.2, 0.25) is 0 Å². The Morgan fingerprint density at radius 3 is 2.75 bits per heavy atom. The molecule has 1 aliphatic rings. The molecule has 1 fully saturated rings. The molecule has 0 unspecified atom stereocenters. The zero-order valence-electron chi connectivity index (χ0n) is 8.73. The third kappa shape index (κ3) is 2.26. The quantitative estimate of drug-likeness (QED) is 0.542. The van der Waals surface area contributed by atoms with Crippen molar-refractivity contribution in [1.82, 2.24) is 9.97 Å². The Hall–Kier alpha value is -0.920. The highest BCUT2D eigenvalue weighted by Gasteiger charge is 2.21. The lowest BCUT2D eigenvalue weighted by Crippen LogP contribution is -2.36. The predicted molar refractivity (Wildman–Crippen MR) is 65.0 cm³/mol. The van der Waals surface area contributed by atoms with Gasteiger partial charge in [-0.05, 0) is 28.8 Å². The lowest BCUT2D eigenvalue weighted by Gasteiger charge is -2.31. The maximum Gasteiger partial charge on any atom is 0.159 e. The molecule has 1 saturated heterocycles. The van der Waals surface area contributed by atoms with Gasteiger partial charge in [0.25, 0.3) is 0 Å². The number of aromatic nitrogens is 2. The average molecular weight is 288 g/mol. The van der Waals surface area contributed by atoms with E-state index in [9.17, 15) is 5.11 Å².